The van der Waals surface area contributed by atoms with Gasteiger partial charge in [-0.1, -0.05) is 0 Å². The zero-order chi connectivity index (χ0) is 11.5. The number of nitro groups is 1. The second-order valence-corrected chi connectivity index (χ2v) is 4.75. The predicted octanol–water partition coefficient (Wildman–Crippen LogP) is 1.40. The first-order valence-electron chi connectivity index (χ1n) is 5.20. The number of hydrogen-bond acceptors (Lipinski definition) is 6. The molecule has 1 unspecified atom stereocenters. The minimum Gasteiger partial charge on any atom is -0.394 e. The maximum absolute atomic E-state index is 10.6. The minimum absolute atomic E-state index is 0.0530. The second kappa shape index (κ2) is 4.75. The molecule has 16 heavy (non-hydrogen) atoms. The largest absolute Gasteiger partial charge is 0.394 e. The van der Waals surface area contributed by atoms with E-state index in [1.165, 1.54) is 6.20 Å². The molecule has 2 heterocycles. The van der Waals surface area contributed by atoms with Crippen molar-refractivity contribution in [2.45, 2.75) is 25.3 Å². The number of piperidine rings is 1. The summed E-state index contributed by atoms with van der Waals surface area (Å²) in [6, 6.07) is 0.0551. The maximum atomic E-state index is 10.6. The van der Waals surface area contributed by atoms with Crippen LogP contribution in [0.5, 0.6) is 0 Å². The van der Waals surface area contributed by atoms with E-state index in [0.29, 0.717) is 5.13 Å². The van der Waals surface area contributed by atoms with Gasteiger partial charge in [-0.2, -0.15) is 0 Å². The molecule has 1 aliphatic rings. The molecule has 0 amide bonds. The Morgan fingerprint density at radius 1 is 1.69 bits per heavy atom. The van der Waals surface area contributed by atoms with E-state index in [4.69, 9.17) is 0 Å². The molecule has 1 fully saturated rings. The number of hydrogen-bond donors (Lipinski definition) is 1. The summed E-state index contributed by atoms with van der Waals surface area (Å²) >= 11 is 1.07. The molecule has 0 bridgehead atoms. The Labute approximate surface area is 96.7 Å². The Balaban J connectivity index is 2.17. The highest BCUT2D eigenvalue weighted by Crippen LogP contribution is 2.32. The molecule has 1 aliphatic heterocycles. The number of nitrogens with zero attached hydrogens (tertiary/aromatic N) is 3. The summed E-state index contributed by atoms with van der Waals surface area (Å²) in [5.41, 5.74) is 0. The van der Waals surface area contributed by atoms with Gasteiger partial charge in [0.1, 0.15) is 6.20 Å². The lowest BCUT2D eigenvalue weighted by molar-refractivity contribution is -0.380. The molecule has 0 radical (unpaired) electrons. The van der Waals surface area contributed by atoms with Gasteiger partial charge in [0, 0.05) is 6.54 Å². The highest BCUT2D eigenvalue weighted by molar-refractivity contribution is 7.18. The van der Waals surface area contributed by atoms with Gasteiger partial charge in [-0.05, 0) is 30.6 Å². The molecule has 0 aliphatic carbocycles. The van der Waals surface area contributed by atoms with Crippen LogP contribution < -0.4 is 4.90 Å². The van der Waals surface area contributed by atoms with Crippen LogP contribution in [0.25, 0.3) is 0 Å². The van der Waals surface area contributed by atoms with Crippen molar-refractivity contribution in [3.05, 3.63) is 16.3 Å². The van der Waals surface area contributed by atoms with Crippen molar-refractivity contribution in [3.8, 4) is 0 Å². The van der Waals surface area contributed by atoms with E-state index < -0.39 is 4.92 Å². The average molecular weight is 243 g/mol. The molecule has 88 valence electrons. The topological polar surface area (TPSA) is 79.5 Å². The molecule has 7 heteroatoms. The van der Waals surface area contributed by atoms with Crippen molar-refractivity contribution < 1.29 is 10.0 Å². The van der Waals surface area contributed by atoms with Gasteiger partial charge in [0.05, 0.1) is 17.6 Å². The fourth-order valence-corrected chi connectivity index (χ4v) is 2.75. The SMILES string of the molecule is O=[N+]([O-])c1cnc(N2CCCCC2CO)s1. The first kappa shape index (κ1) is 11.3. The third-order valence-corrected chi connectivity index (χ3v) is 3.73. The first-order chi connectivity index (χ1) is 7.72. The van der Waals surface area contributed by atoms with Gasteiger partial charge in [0.15, 0.2) is 5.13 Å². The third kappa shape index (κ3) is 2.14. The fourth-order valence-electron chi connectivity index (χ4n) is 1.92. The van der Waals surface area contributed by atoms with Crippen LogP contribution in [-0.4, -0.2) is 34.2 Å². The summed E-state index contributed by atoms with van der Waals surface area (Å²) in [6.07, 6.45) is 4.34. The molecule has 1 atom stereocenters. The van der Waals surface area contributed by atoms with Crippen molar-refractivity contribution in [1.29, 1.82) is 0 Å². The molecular weight excluding hydrogens is 230 g/mol. The number of rotatable bonds is 3. The molecule has 1 saturated heterocycles. The molecule has 1 N–H and O–H groups in total. The second-order valence-electron chi connectivity index (χ2n) is 3.76. The number of aliphatic hydroxyl groups excluding tert-OH is 1. The Kier molecular flexibility index (Phi) is 3.35. The van der Waals surface area contributed by atoms with Crippen LogP contribution in [0.1, 0.15) is 19.3 Å². The van der Waals surface area contributed by atoms with Crippen LogP contribution in [0.3, 0.4) is 0 Å². The maximum Gasteiger partial charge on any atom is 0.345 e. The number of thiazole rings is 1. The van der Waals surface area contributed by atoms with Crippen LogP contribution in [0.15, 0.2) is 6.20 Å². The molecule has 1 aromatic rings. The lowest BCUT2D eigenvalue weighted by atomic mass is 10.0. The van der Waals surface area contributed by atoms with Gasteiger partial charge in [-0.15, -0.1) is 0 Å². The molecular formula is C9H13N3O3S. The van der Waals surface area contributed by atoms with E-state index in [-0.39, 0.29) is 17.6 Å². The quantitative estimate of drug-likeness (QED) is 0.641. The Hall–Kier alpha value is -1.21. The predicted molar refractivity (Wildman–Crippen MR) is 60.8 cm³/mol. The lowest BCUT2D eigenvalue weighted by Gasteiger charge is -2.34. The van der Waals surface area contributed by atoms with Crippen LogP contribution in [-0.2, 0) is 0 Å². The van der Waals surface area contributed by atoms with Crippen molar-refractivity contribution in [2.75, 3.05) is 18.1 Å². The van der Waals surface area contributed by atoms with E-state index in [0.717, 1.165) is 37.1 Å². The summed E-state index contributed by atoms with van der Waals surface area (Å²) < 4.78 is 0. The van der Waals surface area contributed by atoms with E-state index in [9.17, 15) is 15.2 Å². The number of anilines is 1. The summed E-state index contributed by atoms with van der Waals surface area (Å²) in [5.74, 6) is 0. The Bertz CT molecular complexity index is 382. The van der Waals surface area contributed by atoms with E-state index in [1.807, 2.05) is 4.90 Å². The van der Waals surface area contributed by atoms with Gasteiger partial charge < -0.3 is 10.0 Å². The summed E-state index contributed by atoms with van der Waals surface area (Å²) in [4.78, 5) is 16.1. The van der Waals surface area contributed by atoms with E-state index in [1.54, 1.807) is 0 Å². The fraction of sp³-hybridized carbons (Fsp3) is 0.667. The molecule has 0 aromatic carbocycles. The van der Waals surface area contributed by atoms with Crippen LogP contribution >= 0.6 is 11.3 Å². The van der Waals surface area contributed by atoms with E-state index in [2.05, 4.69) is 4.98 Å². The minimum atomic E-state index is -0.431. The van der Waals surface area contributed by atoms with Gasteiger partial charge in [-0.3, -0.25) is 10.1 Å². The van der Waals surface area contributed by atoms with Crippen molar-refractivity contribution in [2.24, 2.45) is 0 Å². The molecule has 2 rings (SSSR count). The number of aromatic nitrogens is 1. The van der Waals surface area contributed by atoms with Crippen molar-refractivity contribution in [3.63, 3.8) is 0 Å². The van der Waals surface area contributed by atoms with Crippen LogP contribution in [0.4, 0.5) is 10.1 Å². The van der Waals surface area contributed by atoms with Gasteiger partial charge in [0.25, 0.3) is 0 Å². The van der Waals surface area contributed by atoms with Crippen LogP contribution in [0.2, 0.25) is 0 Å². The van der Waals surface area contributed by atoms with Crippen molar-refractivity contribution >= 4 is 21.5 Å². The van der Waals surface area contributed by atoms with Gasteiger partial charge >= 0.3 is 5.00 Å². The summed E-state index contributed by atoms with van der Waals surface area (Å²) in [5, 5.41) is 20.5. The highest BCUT2D eigenvalue weighted by atomic mass is 32.1. The first-order valence-corrected chi connectivity index (χ1v) is 6.01. The van der Waals surface area contributed by atoms with Gasteiger partial charge in [-0.25, -0.2) is 4.98 Å². The smallest absolute Gasteiger partial charge is 0.345 e. The Morgan fingerprint density at radius 3 is 3.12 bits per heavy atom. The lowest BCUT2D eigenvalue weighted by Crippen LogP contribution is -2.41. The van der Waals surface area contributed by atoms with E-state index >= 15 is 0 Å². The zero-order valence-corrected chi connectivity index (χ0v) is 9.52. The Morgan fingerprint density at radius 2 is 2.50 bits per heavy atom. The normalized spacial score (nSPS) is 21.1. The highest BCUT2D eigenvalue weighted by Gasteiger charge is 2.25. The van der Waals surface area contributed by atoms with Gasteiger partial charge in [0.2, 0.25) is 0 Å². The average Bonchev–Trinajstić information content (AvgIpc) is 2.78. The third-order valence-electron chi connectivity index (χ3n) is 2.74. The zero-order valence-electron chi connectivity index (χ0n) is 8.70. The molecule has 1 aromatic heterocycles. The van der Waals surface area contributed by atoms with Crippen LogP contribution in [0, 0.1) is 10.1 Å². The van der Waals surface area contributed by atoms with Crippen molar-refractivity contribution in [1.82, 2.24) is 4.98 Å². The summed E-state index contributed by atoms with van der Waals surface area (Å²) in [6.45, 7) is 0.892. The monoisotopic (exact) mass is 243 g/mol. The standard InChI is InChI=1S/C9H13N3O3S/c13-6-7-3-1-2-4-11(7)9-10-5-8(16-9)12(14)15/h5,7,13H,1-4,6H2. The molecule has 6 nitrogen and oxygen atoms in total. The molecule has 0 spiro atoms. The molecule has 0 saturated carbocycles. The number of aliphatic hydroxyl groups is 1. The summed E-state index contributed by atoms with van der Waals surface area (Å²) in [7, 11) is 0.